The Bertz CT molecular complexity index is 1430. The zero-order valence-electron chi connectivity index (χ0n) is 25.0. The van der Waals surface area contributed by atoms with E-state index in [0.717, 1.165) is 36.1 Å². The number of ether oxygens (including phenoxy) is 1. The summed E-state index contributed by atoms with van der Waals surface area (Å²) in [7, 11) is -2.32. The van der Waals surface area contributed by atoms with Gasteiger partial charge in [0.1, 0.15) is 6.54 Å². The molecule has 0 aromatic heterocycles. The van der Waals surface area contributed by atoms with Crippen molar-refractivity contribution in [1.29, 1.82) is 0 Å². The second kappa shape index (κ2) is 13.8. The standard InChI is InChI=1S/C33H43N3O5S/c1-5-41-32(38)22-34-29-15-13-25(14-16-29)28-11-8-12-31(19-28)42(39,40)36(4)23-30(37)21-35-33(2,3)20-24-17-26-9-6-7-10-27(26)18-24/h6-16,19,24,30,34-35,37H,5,17-18,20-23H2,1-4H3/t30-/m1/s1. The minimum absolute atomic E-state index is 0.0225. The molecule has 9 heteroatoms. The van der Waals surface area contributed by atoms with Gasteiger partial charge in [-0.25, -0.2) is 8.42 Å². The lowest BCUT2D eigenvalue weighted by atomic mass is 9.88. The molecule has 8 nitrogen and oxygen atoms in total. The van der Waals surface area contributed by atoms with Gasteiger partial charge in [0.2, 0.25) is 10.0 Å². The van der Waals surface area contributed by atoms with Crippen molar-refractivity contribution in [3.05, 3.63) is 83.9 Å². The van der Waals surface area contributed by atoms with Gasteiger partial charge in [-0.15, -0.1) is 0 Å². The molecule has 0 saturated carbocycles. The lowest BCUT2D eigenvalue weighted by Gasteiger charge is -2.31. The molecule has 0 aliphatic heterocycles. The van der Waals surface area contributed by atoms with E-state index in [-0.39, 0.29) is 29.5 Å². The molecule has 1 aliphatic rings. The van der Waals surface area contributed by atoms with Crippen molar-refractivity contribution in [2.45, 2.75) is 56.6 Å². The van der Waals surface area contributed by atoms with Crippen LogP contribution in [0.25, 0.3) is 11.1 Å². The normalized spacial score (nSPS) is 14.5. The number of likely N-dealkylation sites (N-methyl/N-ethyl adjacent to an activating group) is 1. The Morgan fingerprint density at radius 3 is 2.33 bits per heavy atom. The van der Waals surface area contributed by atoms with Crippen LogP contribution in [0.3, 0.4) is 0 Å². The SMILES string of the molecule is CCOC(=O)CNc1ccc(-c2cccc(S(=O)(=O)N(C)C[C@H](O)CNC(C)(C)CC3Cc4ccccc4C3)c2)cc1. The van der Waals surface area contributed by atoms with Crippen molar-refractivity contribution in [3.63, 3.8) is 0 Å². The molecule has 0 unspecified atom stereocenters. The van der Waals surface area contributed by atoms with Gasteiger partial charge in [-0.2, -0.15) is 4.31 Å². The molecule has 3 aromatic rings. The molecular formula is C33H43N3O5S. The van der Waals surface area contributed by atoms with Gasteiger partial charge in [-0.05, 0) is 92.5 Å². The number of β-amino-alcohol motifs (C(OH)–C–C–N with tert-alkyl or cyclic N) is 1. The summed E-state index contributed by atoms with van der Waals surface area (Å²) < 4.78 is 32.9. The van der Waals surface area contributed by atoms with Gasteiger partial charge in [-0.3, -0.25) is 4.79 Å². The monoisotopic (exact) mass is 593 g/mol. The molecule has 42 heavy (non-hydrogen) atoms. The Morgan fingerprint density at radius 1 is 1.02 bits per heavy atom. The van der Waals surface area contributed by atoms with E-state index in [9.17, 15) is 18.3 Å². The van der Waals surface area contributed by atoms with Crippen LogP contribution in [-0.4, -0.2) is 68.7 Å². The highest BCUT2D eigenvalue weighted by Crippen LogP contribution is 2.32. The van der Waals surface area contributed by atoms with E-state index < -0.39 is 16.1 Å². The average molecular weight is 594 g/mol. The van der Waals surface area contributed by atoms with Crippen LogP contribution in [-0.2, 0) is 32.4 Å². The number of benzene rings is 3. The fourth-order valence-corrected chi connectivity index (χ4v) is 6.88. The quantitative estimate of drug-likeness (QED) is 0.237. The van der Waals surface area contributed by atoms with E-state index in [1.54, 1.807) is 25.1 Å². The number of rotatable bonds is 14. The number of carbonyl (C=O) groups excluding carboxylic acids is 1. The third-order valence-electron chi connectivity index (χ3n) is 7.72. The van der Waals surface area contributed by atoms with E-state index in [0.29, 0.717) is 19.1 Å². The first-order valence-corrected chi connectivity index (χ1v) is 16.0. The minimum Gasteiger partial charge on any atom is -0.465 e. The van der Waals surface area contributed by atoms with Crippen molar-refractivity contribution >= 4 is 21.7 Å². The van der Waals surface area contributed by atoms with Crippen LogP contribution >= 0.6 is 0 Å². The minimum atomic E-state index is -3.82. The second-order valence-corrected chi connectivity index (χ2v) is 13.8. The summed E-state index contributed by atoms with van der Waals surface area (Å²) in [5.41, 5.74) is 5.01. The molecule has 226 valence electrons. The summed E-state index contributed by atoms with van der Waals surface area (Å²) in [6.45, 7) is 6.71. The molecule has 0 heterocycles. The zero-order chi connectivity index (χ0) is 30.3. The summed E-state index contributed by atoms with van der Waals surface area (Å²) in [6.07, 6.45) is 2.25. The average Bonchev–Trinajstić information content (AvgIpc) is 3.37. The lowest BCUT2D eigenvalue weighted by molar-refractivity contribution is -0.140. The van der Waals surface area contributed by atoms with Crippen LogP contribution < -0.4 is 10.6 Å². The van der Waals surface area contributed by atoms with Crippen LogP contribution in [0.1, 0.15) is 38.3 Å². The molecule has 0 fully saturated rings. The summed E-state index contributed by atoms with van der Waals surface area (Å²) in [5, 5.41) is 17.2. The van der Waals surface area contributed by atoms with Crippen molar-refractivity contribution < 1.29 is 23.1 Å². The topological polar surface area (TPSA) is 108 Å². The second-order valence-electron chi connectivity index (χ2n) is 11.7. The predicted molar refractivity (Wildman–Crippen MR) is 167 cm³/mol. The van der Waals surface area contributed by atoms with E-state index in [4.69, 9.17) is 4.74 Å². The largest absolute Gasteiger partial charge is 0.465 e. The number of nitrogens with zero attached hydrogens (tertiary/aromatic N) is 1. The Balaban J connectivity index is 1.30. The van der Waals surface area contributed by atoms with E-state index in [1.807, 2.05) is 30.3 Å². The van der Waals surface area contributed by atoms with Crippen molar-refractivity contribution in [2.75, 3.05) is 38.6 Å². The molecule has 0 bridgehead atoms. The van der Waals surface area contributed by atoms with Gasteiger partial charge >= 0.3 is 5.97 Å². The Morgan fingerprint density at radius 2 is 1.69 bits per heavy atom. The first-order chi connectivity index (χ1) is 20.0. The Kier molecular flexibility index (Phi) is 10.4. The maximum atomic E-state index is 13.4. The van der Waals surface area contributed by atoms with Crippen LogP contribution in [0.15, 0.2) is 77.7 Å². The molecule has 0 radical (unpaired) electrons. The fourth-order valence-electron chi connectivity index (χ4n) is 5.62. The van der Waals surface area contributed by atoms with Gasteiger partial charge in [0.05, 0.1) is 17.6 Å². The van der Waals surface area contributed by atoms with Crippen molar-refractivity contribution in [2.24, 2.45) is 5.92 Å². The van der Waals surface area contributed by atoms with Crippen LogP contribution in [0.4, 0.5) is 5.69 Å². The number of anilines is 1. The number of aliphatic hydroxyl groups excluding tert-OH is 1. The van der Waals surface area contributed by atoms with Gasteiger partial charge in [0.25, 0.3) is 0 Å². The molecule has 3 aromatic carbocycles. The third-order valence-corrected chi connectivity index (χ3v) is 9.54. The van der Waals surface area contributed by atoms with Crippen LogP contribution in [0.5, 0.6) is 0 Å². The number of hydrogen-bond donors (Lipinski definition) is 3. The first-order valence-electron chi connectivity index (χ1n) is 14.5. The number of hydrogen-bond acceptors (Lipinski definition) is 7. The molecule has 1 aliphatic carbocycles. The number of fused-ring (bicyclic) bond motifs is 1. The molecule has 0 amide bonds. The first kappa shape index (κ1) is 31.7. The zero-order valence-corrected chi connectivity index (χ0v) is 25.8. The van der Waals surface area contributed by atoms with Crippen molar-refractivity contribution in [1.82, 2.24) is 9.62 Å². The number of carbonyl (C=O) groups is 1. The highest BCUT2D eigenvalue weighted by molar-refractivity contribution is 7.89. The van der Waals surface area contributed by atoms with Gasteiger partial charge < -0.3 is 20.5 Å². The maximum Gasteiger partial charge on any atom is 0.325 e. The smallest absolute Gasteiger partial charge is 0.325 e. The number of esters is 1. The van der Waals surface area contributed by atoms with Crippen molar-refractivity contribution in [3.8, 4) is 11.1 Å². The summed E-state index contributed by atoms with van der Waals surface area (Å²) in [4.78, 5) is 11.7. The summed E-state index contributed by atoms with van der Waals surface area (Å²) in [6, 6.07) is 22.8. The lowest BCUT2D eigenvalue weighted by Crippen LogP contribution is -2.47. The predicted octanol–water partition coefficient (Wildman–Crippen LogP) is 4.48. The summed E-state index contributed by atoms with van der Waals surface area (Å²) in [5.74, 6) is 0.220. The fraction of sp³-hybridized carbons (Fsp3) is 0.424. The van der Waals surface area contributed by atoms with Gasteiger partial charge in [-0.1, -0.05) is 48.5 Å². The molecule has 0 saturated heterocycles. The van der Waals surface area contributed by atoms with Gasteiger partial charge in [0.15, 0.2) is 0 Å². The van der Waals surface area contributed by atoms with E-state index in [1.165, 1.54) is 22.5 Å². The van der Waals surface area contributed by atoms with Gasteiger partial charge in [0, 0.05) is 31.4 Å². The molecule has 4 rings (SSSR count). The number of sulfonamides is 1. The number of nitrogens with one attached hydrogen (secondary N) is 2. The van der Waals surface area contributed by atoms with E-state index in [2.05, 4.69) is 48.7 Å². The molecule has 0 spiro atoms. The summed E-state index contributed by atoms with van der Waals surface area (Å²) >= 11 is 0. The van der Waals surface area contributed by atoms with E-state index >= 15 is 0 Å². The van der Waals surface area contributed by atoms with Crippen LogP contribution in [0, 0.1) is 5.92 Å². The van der Waals surface area contributed by atoms with Crippen LogP contribution in [0.2, 0.25) is 0 Å². The number of aliphatic hydroxyl groups is 1. The molecular weight excluding hydrogens is 550 g/mol. The highest BCUT2D eigenvalue weighted by Gasteiger charge is 2.29. The molecule has 3 N–H and O–H groups in total. The Hall–Kier alpha value is -3.24. The highest BCUT2D eigenvalue weighted by atomic mass is 32.2. The maximum absolute atomic E-state index is 13.4. The third kappa shape index (κ3) is 8.41. The Labute approximate surface area is 250 Å². The molecule has 1 atom stereocenters.